The van der Waals surface area contributed by atoms with Crippen LogP contribution in [-0.2, 0) is 6.42 Å². The molecule has 2 aromatic rings. The van der Waals surface area contributed by atoms with Crippen molar-refractivity contribution in [3.63, 3.8) is 0 Å². The van der Waals surface area contributed by atoms with E-state index >= 15 is 0 Å². The Hall–Kier alpha value is -1.83. The van der Waals surface area contributed by atoms with Gasteiger partial charge in [-0.2, -0.15) is 0 Å². The second-order valence-electron chi connectivity index (χ2n) is 6.00. The van der Waals surface area contributed by atoms with Crippen LogP contribution in [0.25, 0.3) is 10.8 Å². The van der Waals surface area contributed by atoms with Crippen molar-refractivity contribution in [1.82, 2.24) is 0 Å². The summed E-state index contributed by atoms with van der Waals surface area (Å²) in [5, 5.41) is 11.4. The van der Waals surface area contributed by atoms with Gasteiger partial charge in [-0.15, -0.1) is 0 Å². The Morgan fingerprint density at radius 1 is 0.909 bits per heavy atom. The zero-order valence-corrected chi connectivity index (χ0v) is 13.5. The highest BCUT2D eigenvalue weighted by molar-refractivity contribution is 6.05. The topological polar surface area (TPSA) is 37.3 Å². The maximum atomic E-state index is 11.6. The first-order valence-electron chi connectivity index (χ1n) is 8.48. The van der Waals surface area contributed by atoms with Crippen molar-refractivity contribution in [3.8, 4) is 0 Å². The average molecular weight is 298 g/mol. The zero-order valence-electron chi connectivity index (χ0n) is 13.5. The minimum Gasteiger partial charge on any atom is -0.478 e. The van der Waals surface area contributed by atoms with Crippen molar-refractivity contribution in [3.05, 3.63) is 47.5 Å². The van der Waals surface area contributed by atoms with Gasteiger partial charge in [0.2, 0.25) is 0 Å². The van der Waals surface area contributed by atoms with Crippen molar-refractivity contribution in [2.75, 3.05) is 0 Å². The van der Waals surface area contributed by atoms with Crippen LogP contribution in [0.5, 0.6) is 0 Å². The summed E-state index contributed by atoms with van der Waals surface area (Å²) < 4.78 is 0. The van der Waals surface area contributed by atoms with Crippen LogP contribution >= 0.6 is 0 Å². The van der Waals surface area contributed by atoms with Crippen molar-refractivity contribution in [2.24, 2.45) is 0 Å². The summed E-state index contributed by atoms with van der Waals surface area (Å²) in [5.74, 6) is -0.810. The summed E-state index contributed by atoms with van der Waals surface area (Å²) in [4.78, 5) is 11.6. The number of carbonyl (C=O) groups is 1. The number of carboxylic acid groups (broad SMARTS) is 1. The molecule has 0 bridgehead atoms. The van der Waals surface area contributed by atoms with Gasteiger partial charge in [0.1, 0.15) is 0 Å². The molecule has 22 heavy (non-hydrogen) atoms. The van der Waals surface area contributed by atoms with Gasteiger partial charge in [-0.05, 0) is 29.2 Å². The molecule has 0 fully saturated rings. The summed E-state index contributed by atoms with van der Waals surface area (Å²) in [5.41, 5.74) is 1.46. The lowest BCUT2D eigenvalue weighted by molar-refractivity contribution is 0.0698. The molecule has 1 N–H and O–H groups in total. The van der Waals surface area contributed by atoms with Gasteiger partial charge in [-0.25, -0.2) is 4.79 Å². The van der Waals surface area contributed by atoms with Gasteiger partial charge in [0.05, 0.1) is 5.56 Å². The number of hydrogen-bond donors (Lipinski definition) is 1. The molecule has 0 heterocycles. The summed E-state index contributed by atoms with van der Waals surface area (Å²) in [6.45, 7) is 2.23. The summed E-state index contributed by atoms with van der Waals surface area (Å²) in [7, 11) is 0. The van der Waals surface area contributed by atoms with Crippen LogP contribution in [0.1, 0.15) is 67.8 Å². The molecule has 2 nitrogen and oxygen atoms in total. The smallest absolute Gasteiger partial charge is 0.336 e. The van der Waals surface area contributed by atoms with Crippen molar-refractivity contribution in [2.45, 2.75) is 58.3 Å². The summed E-state index contributed by atoms with van der Waals surface area (Å²) in [6, 6.07) is 11.8. The Morgan fingerprint density at radius 2 is 1.59 bits per heavy atom. The van der Waals surface area contributed by atoms with Crippen LogP contribution < -0.4 is 0 Å². The van der Waals surface area contributed by atoms with Crippen LogP contribution in [0.2, 0.25) is 0 Å². The molecule has 0 radical (unpaired) electrons. The number of rotatable bonds is 9. The van der Waals surface area contributed by atoms with Gasteiger partial charge < -0.3 is 5.11 Å². The fraction of sp³-hybridized carbons (Fsp3) is 0.450. The van der Waals surface area contributed by atoms with Crippen LogP contribution in [0, 0.1) is 0 Å². The van der Waals surface area contributed by atoms with Crippen LogP contribution in [0.15, 0.2) is 36.4 Å². The molecule has 0 saturated carbocycles. The highest BCUT2D eigenvalue weighted by atomic mass is 16.4. The molecule has 0 saturated heterocycles. The second-order valence-corrected chi connectivity index (χ2v) is 6.00. The first-order chi connectivity index (χ1) is 10.7. The van der Waals surface area contributed by atoms with E-state index in [1.807, 2.05) is 36.4 Å². The van der Waals surface area contributed by atoms with Gasteiger partial charge in [0.25, 0.3) is 0 Å². The lowest BCUT2D eigenvalue weighted by Crippen LogP contribution is -2.04. The first-order valence-corrected chi connectivity index (χ1v) is 8.48. The van der Waals surface area contributed by atoms with E-state index < -0.39 is 5.97 Å². The van der Waals surface area contributed by atoms with Crippen LogP contribution in [0.3, 0.4) is 0 Å². The average Bonchev–Trinajstić information content (AvgIpc) is 2.53. The molecular formula is C20H26O2. The third kappa shape index (κ3) is 4.33. The SMILES string of the molecule is CCCCCCCCCc1ccc2ccccc2c1C(=O)O. The van der Waals surface area contributed by atoms with Crippen molar-refractivity contribution >= 4 is 16.7 Å². The number of benzene rings is 2. The lowest BCUT2D eigenvalue weighted by atomic mass is 9.95. The molecule has 2 heteroatoms. The van der Waals surface area contributed by atoms with Crippen molar-refractivity contribution in [1.29, 1.82) is 0 Å². The van der Waals surface area contributed by atoms with Gasteiger partial charge in [-0.1, -0.05) is 81.8 Å². The van der Waals surface area contributed by atoms with E-state index in [2.05, 4.69) is 6.92 Å². The van der Waals surface area contributed by atoms with Gasteiger partial charge in [0, 0.05) is 0 Å². The molecule has 118 valence electrons. The predicted octanol–water partition coefficient (Wildman–Crippen LogP) is 5.83. The fourth-order valence-electron chi connectivity index (χ4n) is 3.05. The van der Waals surface area contributed by atoms with Gasteiger partial charge in [-0.3, -0.25) is 0 Å². The number of aromatic carboxylic acids is 1. The van der Waals surface area contributed by atoms with Crippen LogP contribution in [0.4, 0.5) is 0 Å². The van der Waals surface area contributed by atoms with Gasteiger partial charge in [0.15, 0.2) is 0 Å². The predicted molar refractivity (Wildman–Crippen MR) is 92.6 cm³/mol. The minimum absolute atomic E-state index is 0.490. The van der Waals surface area contributed by atoms with E-state index in [9.17, 15) is 9.90 Å². The highest BCUT2D eigenvalue weighted by Crippen LogP contribution is 2.24. The van der Waals surface area contributed by atoms with Crippen molar-refractivity contribution < 1.29 is 9.90 Å². The first kappa shape index (κ1) is 16.5. The standard InChI is InChI=1S/C20H26O2/c1-2-3-4-5-6-7-8-12-17-15-14-16-11-9-10-13-18(16)19(17)20(21)22/h9-11,13-15H,2-8,12H2,1H3,(H,21,22). The third-order valence-electron chi connectivity index (χ3n) is 4.28. The Labute approximate surface area is 133 Å². The molecule has 0 atom stereocenters. The second kappa shape index (κ2) is 8.57. The molecule has 0 unspecified atom stereocenters. The Balaban J connectivity index is 1.99. The summed E-state index contributed by atoms with van der Waals surface area (Å²) in [6.07, 6.45) is 9.62. The number of hydrogen-bond acceptors (Lipinski definition) is 1. The molecular weight excluding hydrogens is 272 g/mol. The van der Waals surface area contributed by atoms with E-state index in [0.29, 0.717) is 5.56 Å². The Morgan fingerprint density at radius 3 is 2.32 bits per heavy atom. The molecule has 2 aromatic carbocycles. The molecule has 0 aliphatic carbocycles. The maximum absolute atomic E-state index is 11.6. The number of unbranched alkanes of at least 4 members (excludes halogenated alkanes) is 6. The molecule has 0 aromatic heterocycles. The summed E-state index contributed by atoms with van der Waals surface area (Å²) >= 11 is 0. The molecule has 2 rings (SSSR count). The largest absolute Gasteiger partial charge is 0.478 e. The number of aryl methyl sites for hydroxylation is 1. The van der Waals surface area contributed by atoms with E-state index in [4.69, 9.17) is 0 Å². The molecule has 0 spiro atoms. The maximum Gasteiger partial charge on any atom is 0.336 e. The minimum atomic E-state index is -0.810. The quantitative estimate of drug-likeness (QED) is 0.591. The van der Waals surface area contributed by atoms with E-state index in [0.717, 1.165) is 29.2 Å². The van der Waals surface area contributed by atoms with Crippen LogP contribution in [-0.4, -0.2) is 11.1 Å². The number of carboxylic acids is 1. The normalized spacial score (nSPS) is 11.0. The van der Waals surface area contributed by atoms with E-state index in [-0.39, 0.29) is 0 Å². The number of fused-ring (bicyclic) bond motifs is 1. The van der Waals surface area contributed by atoms with E-state index in [1.165, 1.54) is 38.5 Å². The molecule has 0 aliphatic heterocycles. The zero-order chi connectivity index (χ0) is 15.8. The monoisotopic (exact) mass is 298 g/mol. The molecule has 0 amide bonds. The van der Waals surface area contributed by atoms with E-state index in [1.54, 1.807) is 0 Å². The fourth-order valence-corrected chi connectivity index (χ4v) is 3.05. The van der Waals surface area contributed by atoms with Gasteiger partial charge >= 0.3 is 5.97 Å². The lowest BCUT2D eigenvalue weighted by Gasteiger charge is -2.10. The Bertz CT molecular complexity index is 616. The highest BCUT2D eigenvalue weighted by Gasteiger charge is 2.13. The third-order valence-corrected chi connectivity index (χ3v) is 4.28. The Kier molecular flexibility index (Phi) is 6.45. The molecule has 0 aliphatic rings.